The lowest BCUT2D eigenvalue weighted by atomic mass is 10.1. The van der Waals surface area contributed by atoms with Crippen LogP contribution in [0, 0.1) is 0 Å². The van der Waals surface area contributed by atoms with E-state index in [9.17, 15) is 19.2 Å². The zero-order chi connectivity index (χ0) is 37.6. The number of anilines is 3. The van der Waals surface area contributed by atoms with E-state index in [-0.39, 0.29) is 17.7 Å². The quantitative estimate of drug-likeness (QED) is 0.110. The van der Waals surface area contributed by atoms with E-state index < -0.39 is 5.91 Å². The summed E-state index contributed by atoms with van der Waals surface area (Å²) in [5.74, 6) is -1.35. The molecule has 0 spiro atoms. The van der Waals surface area contributed by atoms with E-state index in [0.717, 1.165) is 42.7 Å². The zero-order valence-electron chi connectivity index (χ0n) is 30.5. The van der Waals surface area contributed by atoms with Crippen LogP contribution in [-0.2, 0) is 20.6 Å². The van der Waals surface area contributed by atoms with E-state index in [0.29, 0.717) is 57.1 Å². The number of halogens is 1. The van der Waals surface area contributed by atoms with Crippen LogP contribution in [0.2, 0.25) is 5.02 Å². The smallest absolute Gasteiger partial charge is 0.272 e. The van der Waals surface area contributed by atoms with Crippen LogP contribution in [0.25, 0.3) is 10.1 Å². The molecule has 0 unspecified atom stereocenters. The second-order valence-electron chi connectivity index (χ2n) is 13.7. The Morgan fingerprint density at radius 2 is 1.34 bits per heavy atom. The lowest BCUT2D eigenvalue weighted by Crippen LogP contribution is -2.38. The molecule has 4 amide bonds. The fourth-order valence-electron chi connectivity index (χ4n) is 6.57. The number of aromatic nitrogens is 3. The van der Waals surface area contributed by atoms with E-state index in [1.54, 1.807) is 60.0 Å². The van der Waals surface area contributed by atoms with Crippen molar-refractivity contribution in [3.05, 3.63) is 88.0 Å². The van der Waals surface area contributed by atoms with Gasteiger partial charge in [0.25, 0.3) is 23.6 Å². The minimum Gasteiger partial charge on any atom is -0.349 e. The predicted octanol–water partition coefficient (Wildman–Crippen LogP) is 5.96. The van der Waals surface area contributed by atoms with Crippen LogP contribution in [0.3, 0.4) is 0 Å². The van der Waals surface area contributed by atoms with Gasteiger partial charge in [-0.05, 0) is 77.3 Å². The first kappa shape index (κ1) is 37.9. The molecule has 0 radical (unpaired) electrons. The van der Waals surface area contributed by atoms with Gasteiger partial charge < -0.3 is 44.8 Å². The molecule has 4 N–H and O–H groups in total. The topological polar surface area (TPSA) is 138 Å². The highest BCUT2D eigenvalue weighted by molar-refractivity contribution is 7.21. The number of nitrogens with one attached hydrogen (secondary N) is 4. The van der Waals surface area contributed by atoms with Gasteiger partial charge in [-0.25, -0.2) is 0 Å². The summed E-state index contributed by atoms with van der Waals surface area (Å²) in [7, 11) is 7.44. The summed E-state index contributed by atoms with van der Waals surface area (Å²) >= 11 is 7.80. The van der Waals surface area contributed by atoms with Crippen LogP contribution in [0.5, 0.6) is 0 Å². The van der Waals surface area contributed by atoms with Gasteiger partial charge >= 0.3 is 0 Å². The Labute approximate surface area is 317 Å². The lowest BCUT2D eigenvalue weighted by molar-refractivity contribution is 0.0935. The highest BCUT2D eigenvalue weighted by Gasteiger charge is 2.22. The molecule has 0 saturated carbocycles. The zero-order valence-corrected chi connectivity index (χ0v) is 32.1. The normalized spacial score (nSPS) is 13.4. The van der Waals surface area contributed by atoms with Crippen LogP contribution >= 0.6 is 22.9 Å². The Morgan fingerprint density at radius 1 is 0.755 bits per heavy atom. The highest BCUT2D eigenvalue weighted by Crippen LogP contribution is 2.35. The number of nitrogens with zero attached hydrogens (tertiary/aromatic N) is 5. The van der Waals surface area contributed by atoms with Crippen molar-refractivity contribution in [2.24, 2.45) is 14.1 Å². The number of rotatable bonds is 14. The molecular formula is C38H46ClN9O4S. The van der Waals surface area contributed by atoms with E-state index in [4.69, 9.17) is 11.6 Å². The number of fused-ring (bicyclic) bond motifs is 1. The predicted molar refractivity (Wildman–Crippen MR) is 212 cm³/mol. The van der Waals surface area contributed by atoms with Gasteiger partial charge in [-0.2, -0.15) is 0 Å². The second-order valence-corrected chi connectivity index (χ2v) is 15.1. The molecule has 5 heterocycles. The average molecular weight is 760 g/mol. The minimum atomic E-state index is -0.420. The number of likely N-dealkylation sites (tertiary alicyclic amines) is 1. The fraction of sp³-hybridized carbons (Fsp3) is 0.368. The van der Waals surface area contributed by atoms with Gasteiger partial charge in [0.1, 0.15) is 22.0 Å². The third-order valence-corrected chi connectivity index (χ3v) is 11.0. The molecule has 1 aliphatic rings. The lowest BCUT2D eigenvalue weighted by Gasteiger charge is -2.26. The standard InChI is InChI=1S/C38H46ClN9O4S/c1-44(2)14-10-17-48-24-27(21-31(48)35(49)40-13-18-47-15-8-5-9-16-47)42-37(51)29-19-25(22-45(29)3)41-36(50)30-20-26(23-46(30)4)43-38(52)34-33(39)28-11-6-7-12-32(28)53-34/h6-7,11-12,19-24H,5,8-10,13-18H2,1-4H3,(H,40,49)(H,41,50)(H,42,51)(H,43,52). The highest BCUT2D eigenvalue weighted by atomic mass is 35.5. The van der Waals surface area contributed by atoms with Crippen LogP contribution in [0.4, 0.5) is 17.1 Å². The molecular weight excluding hydrogens is 714 g/mol. The van der Waals surface area contributed by atoms with Crippen molar-refractivity contribution >= 4 is 73.7 Å². The Balaban J connectivity index is 1.09. The first-order valence-corrected chi connectivity index (χ1v) is 19.0. The van der Waals surface area contributed by atoms with Gasteiger partial charge in [0.05, 0.1) is 22.1 Å². The SMILES string of the molecule is CN(C)CCCn1cc(NC(=O)c2cc(NC(=O)c3cc(NC(=O)c4sc5ccccc5c4Cl)cn3C)cn2C)cc1C(=O)NCCN1CCCCC1. The molecule has 13 nitrogen and oxygen atoms in total. The van der Waals surface area contributed by atoms with Crippen molar-refractivity contribution in [3.8, 4) is 0 Å². The summed E-state index contributed by atoms with van der Waals surface area (Å²) in [5, 5.41) is 12.9. The van der Waals surface area contributed by atoms with Gasteiger partial charge in [-0.1, -0.05) is 36.2 Å². The molecule has 5 aromatic rings. The fourth-order valence-corrected chi connectivity index (χ4v) is 7.98. The molecule has 4 aromatic heterocycles. The maximum absolute atomic E-state index is 13.5. The Hall–Kier alpha value is -4.89. The van der Waals surface area contributed by atoms with E-state index in [1.165, 1.54) is 30.6 Å². The number of carbonyl (C=O) groups excluding carboxylic acids is 4. The van der Waals surface area contributed by atoms with Crippen LogP contribution in [0.15, 0.2) is 61.1 Å². The maximum atomic E-state index is 13.5. The molecule has 0 atom stereocenters. The molecule has 280 valence electrons. The van der Waals surface area contributed by atoms with E-state index in [2.05, 4.69) is 31.1 Å². The van der Waals surface area contributed by atoms with E-state index >= 15 is 0 Å². The number of amides is 4. The summed E-state index contributed by atoms with van der Waals surface area (Å²) in [6.45, 7) is 4.97. The van der Waals surface area contributed by atoms with Gasteiger partial charge in [0, 0.05) is 62.4 Å². The van der Waals surface area contributed by atoms with Crippen molar-refractivity contribution in [1.82, 2.24) is 28.8 Å². The maximum Gasteiger partial charge on any atom is 0.272 e. The largest absolute Gasteiger partial charge is 0.349 e. The minimum absolute atomic E-state index is 0.177. The number of hydrogen-bond acceptors (Lipinski definition) is 7. The molecule has 1 aliphatic heterocycles. The summed E-state index contributed by atoms with van der Waals surface area (Å²) in [4.78, 5) is 58.1. The van der Waals surface area contributed by atoms with Gasteiger partial charge in [-0.3, -0.25) is 19.2 Å². The van der Waals surface area contributed by atoms with Crippen molar-refractivity contribution < 1.29 is 19.2 Å². The molecule has 15 heteroatoms. The third-order valence-electron chi connectivity index (χ3n) is 9.29. The molecule has 1 fully saturated rings. The molecule has 1 aromatic carbocycles. The average Bonchev–Trinajstić information content (AvgIpc) is 3.89. The summed E-state index contributed by atoms with van der Waals surface area (Å²) in [5.41, 5.74) is 2.46. The van der Waals surface area contributed by atoms with Crippen molar-refractivity contribution in [2.45, 2.75) is 32.2 Å². The number of benzene rings is 1. The number of piperidine rings is 1. The summed E-state index contributed by atoms with van der Waals surface area (Å²) in [6.07, 6.45) is 9.57. The van der Waals surface area contributed by atoms with E-state index in [1.807, 2.05) is 42.9 Å². The summed E-state index contributed by atoms with van der Waals surface area (Å²) in [6, 6.07) is 12.4. The van der Waals surface area contributed by atoms with Gasteiger partial charge in [-0.15, -0.1) is 11.3 Å². The number of aryl methyl sites for hydroxylation is 3. The molecule has 1 saturated heterocycles. The number of thiophene rings is 1. The number of carbonyl (C=O) groups is 4. The molecule has 6 rings (SSSR count). The van der Waals surface area contributed by atoms with Crippen LogP contribution < -0.4 is 21.3 Å². The first-order valence-electron chi connectivity index (χ1n) is 17.8. The van der Waals surface area contributed by atoms with Crippen molar-refractivity contribution in [2.75, 3.05) is 62.8 Å². The third kappa shape index (κ3) is 9.19. The Morgan fingerprint density at radius 3 is 1.96 bits per heavy atom. The summed E-state index contributed by atoms with van der Waals surface area (Å²) < 4.78 is 6.03. The van der Waals surface area contributed by atoms with Crippen LogP contribution in [-0.4, -0.2) is 93.9 Å². The monoisotopic (exact) mass is 759 g/mol. The second kappa shape index (κ2) is 16.8. The Kier molecular flexibility index (Phi) is 12.0. The Bertz CT molecular complexity index is 2120. The molecule has 0 aliphatic carbocycles. The van der Waals surface area contributed by atoms with Gasteiger partial charge in [0.15, 0.2) is 0 Å². The van der Waals surface area contributed by atoms with Crippen LogP contribution in [0.1, 0.15) is 66.8 Å². The number of hydrogen-bond donors (Lipinski definition) is 4. The van der Waals surface area contributed by atoms with Crippen molar-refractivity contribution in [1.29, 1.82) is 0 Å². The van der Waals surface area contributed by atoms with Crippen molar-refractivity contribution in [3.63, 3.8) is 0 Å². The first-order chi connectivity index (χ1) is 25.5. The molecule has 53 heavy (non-hydrogen) atoms. The van der Waals surface area contributed by atoms with Gasteiger partial charge in [0.2, 0.25) is 0 Å². The molecule has 0 bridgehead atoms.